The van der Waals surface area contributed by atoms with Crippen molar-refractivity contribution in [2.45, 2.75) is 0 Å². The summed E-state index contributed by atoms with van der Waals surface area (Å²) in [4.78, 5) is 0. The van der Waals surface area contributed by atoms with Crippen LogP contribution < -0.4 is 0 Å². The Labute approximate surface area is 101 Å². The maximum atomic E-state index is 6.02. The van der Waals surface area contributed by atoms with Crippen molar-refractivity contribution in [3.05, 3.63) is 44.4 Å². The number of hydrogen-bond acceptors (Lipinski definition) is 0. The van der Waals surface area contributed by atoms with Crippen molar-refractivity contribution in [3.8, 4) is 0 Å². The van der Waals surface area contributed by atoms with E-state index in [1.807, 2.05) is 12.1 Å². The van der Waals surface area contributed by atoms with E-state index in [0.29, 0.717) is 20.5 Å². The lowest BCUT2D eigenvalue weighted by Crippen LogP contribution is -1.79. The molecule has 0 aliphatic rings. The average molecular weight is 265 g/mol. The van der Waals surface area contributed by atoms with E-state index >= 15 is 0 Å². The quantitative estimate of drug-likeness (QED) is 0.570. The first-order valence-corrected chi connectivity index (χ1v) is 5.26. The van der Waals surface area contributed by atoms with Crippen LogP contribution in [0.15, 0.2) is 18.2 Å². The summed E-state index contributed by atoms with van der Waals surface area (Å²) in [6.45, 7) is 0. The highest BCUT2D eigenvalue weighted by atomic mass is 35.5. The second-order valence-electron chi connectivity index (χ2n) is 2.73. The molecule has 1 radical (unpaired) electrons. The Morgan fingerprint density at radius 3 is 2.36 bits per heavy atom. The second-order valence-corrected chi connectivity index (χ2v) is 4.27. The zero-order chi connectivity index (χ0) is 10.3. The minimum atomic E-state index is 0.286. The summed E-state index contributed by atoms with van der Waals surface area (Å²) in [5, 5.41) is 2.96. The van der Waals surface area contributed by atoms with E-state index in [0.717, 1.165) is 5.39 Å². The van der Waals surface area contributed by atoms with Crippen LogP contribution in [0.5, 0.6) is 0 Å². The average Bonchev–Trinajstić information content (AvgIpc) is 2.14. The van der Waals surface area contributed by atoms with Gasteiger partial charge in [0.1, 0.15) is 0 Å². The summed E-state index contributed by atoms with van der Waals surface area (Å²) >= 11 is 23.7. The Bertz CT molecular complexity index is 505. The molecule has 0 amide bonds. The largest absolute Gasteiger partial charge is 0.0836 e. The Balaban J connectivity index is 2.99. The molecule has 2 rings (SSSR count). The minimum absolute atomic E-state index is 0.286. The fourth-order valence-electron chi connectivity index (χ4n) is 1.23. The van der Waals surface area contributed by atoms with E-state index in [1.54, 1.807) is 6.07 Å². The van der Waals surface area contributed by atoms with Crippen molar-refractivity contribution in [1.82, 2.24) is 0 Å². The summed E-state index contributed by atoms with van der Waals surface area (Å²) in [6, 6.07) is 8.28. The first-order valence-electron chi connectivity index (χ1n) is 3.75. The smallest absolute Gasteiger partial charge is 0.0791 e. The molecular formula is C10H3Cl4. The fourth-order valence-corrected chi connectivity index (χ4v) is 2.23. The van der Waals surface area contributed by atoms with Gasteiger partial charge in [-0.1, -0.05) is 58.5 Å². The Kier molecular flexibility index (Phi) is 2.81. The molecule has 71 valence electrons. The predicted octanol–water partition coefficient (Wildman–Crippen LogP) is 5.25. The van der Waals surface area contributed by atoms with Crippen LogP contribution in [0.1, 0.15) is 0 Å². The third-order valence-corrected chi connectivity index (χ3v) is 3.41. The molecule has 0 N–H and O–H groups in total. The van der Waals surface area contributed by atoms with Crippen LogP contribution in [0.4, 0.5) is 0 Å². The van der Waals surface area contributed by atoms with E-state index in [9.17, 15) is 0 Å². The molecule has 0 nitrogen and oxygen atoms in total. The number of hydrogen-bond donors (Lipinski definition) is 0. The lowest BCUT2D eigenvalue weighted by molar-refractivity contribution is 1.73. The van der Waals surface area contributed by atoms with E-state index < -0.39 is 0 Å². The number of halogens is 4. The van der Waals surface area contributed by atoms with Crippen LogP contribution in [0.2, 0.25) is 20.1 Å². The molecule has 0 aliphatic carbocycles. The molecule has 0 aromatic heterocycles. The highest BCUT2D eigenvalue weighted by molar-refractivity contribution is 6.52. The molecule has 0 unspecified atom stereocenters. The van der Waals surface area contributed by atoms with Gasteiger partial charge in [0.05, 0.1) is 15.1 Å². The lowest BCUT2D eigenvalue weighted by atomic mass is 10.1. The molecule has 4 heteroatoms. The van der Waals surface area contributed by atoms with E-state index in [1.165, 1.54) is 0 Å². The molecule has 0 saturated heterocycles. The van der Waals surface area contributed by atoms with Gasteiger partial charge in [0.25, 0.3) is 0 Å². The molecule has 14 heavy (non-hydrogen) atoms. The topological polar surface area (TPSA) is 0 Å². The van der Waals surface area contributed by atoms with Crippen LogP contribution in [-0.4, -0.2) is 0 Å². The third-order valence-electron chi connectivity index (χ3n) is 1.86. The predicted molar refractivity (Wildman–Crippen MR) is 62.8 cm³/mol. The van der Waals surface area contributed by atoms with Gasteiger partial charge in [-0.15, -0.1) is 0 Å². The second kappa shape index (κ2) is 3.79. The van der Waals surface area contributed by atoms with Crippen molar-refractivity contribution < 1.29 is 0 Å². The van der Waals surface area contributed by atoms with Gasteiger partial charge in [-0.2, -0.15) is 0 Å². The summed E-state index contributed by atoms with van der Waals surface area (Å²) in [7, 11) is 0. The molecule has 0 heterocycles. The summed E-state index contributed by atoms with van der Waals surface area (Å²) in [5.74, 6) is 0. The summed E-state index contributed by atoms with van der Waals surface area (Å²) in [5.41, 5.74) is 0. The molecule has 2 aromatic rings. The molecule has 0 atom stereocenters. The van der Waals surface area contributed by atoms with Crippen molar-refractivity contribution in [2.75, 3.05) is 0 Å². The van der Waals surface area contributed by atoms with Crippen LogP contribution in [0, 0.1) is 6.07 Å². The van der Waals surface area contributed by atoms with Crippen LogP contribution in [-0.2, 0) is 0 Å². The van der Waals surface area contributed by atoms with E-state index in [2.05, 4.69) is 6.07 Å². The van der Waals surface area contributed by atoms with Gasteiger partial charge < -0.3 is 0 Å². The van der Waals surface area contributed by atoms with Gasteiger partial charge in [-0.05, 0) is 11.5 Å². The van der Waals surface area contributed by atoms with Gasteiger partial charge in [-0.3, -0.25) is 0 Å². The monoisotopic (exact) mass is 263 g/mol. The first kappa shape index (κ1) is 10.4. The molecule has 0 saturated carbocycles. The van der Waals surface area contributed by atoms with Gasteiger partial charge in [0.2, 0.25) is 0 Å². The van der Waals surface area contributed by atoms with Crippen LogP contribution >= 0.6 is 46.4 Å². The molecule has 0 bridgehead atoms. The van der Waals surface area contributed by atoms with E-state index in [-0.39, 0.29) is 5.02 Å². The van der Waals surface area contributed by atoms with Gasteiger partial charge in [-0.25, -0.2) is 0 Å². The third kappa shape index (κ3) is 1.57. The highest BCUT2D eigenvalue weighted by Gasteiger charge is 2.11. The highest BCUT2D eigenvalue weighted by Crippen LogP contribution is 2.39. The fraction of sp³-hybridized carbons (Fsp3) is 0. The van der Waals surface area contributed by atoms with Crippen molar-refractivity contribution in [1.29, 1.82) is 0 Å². The molecular weight excluding hydrogens is 262 g/mol. The Hall–Kier alpha value is -0.140. The summed E-state index contributed by atoms with van der Waals surface area (Å²) < 4.78 is 0. The normalized spacial score (nSPS) is 10.9. The molecule has 0 spiro atoms. The number of rotatable bonds is 0. The maximum Gasteiger partial charge on any atom is 0.0791 e. The first-order chi connectivity index (χ1) is 6.61. The minimum Gasteiger partial charge on any atom is -0.0836 e. The van der Waals surface area contributed by atoms with Crippen molar-refractivity contribution >= 4 is 57.2 Å². The molecule has 0 fully saturated rings. The van der Waals surface area contributed by atoms with Gasteiger partial charge in [0.15, 0.2) is 0 Å². The Morgan fingerprint density at radius 2 is 1.64 bits per heavy atom. The zero-order valence-electron chi connectivity index (χ0n) is 6.74. The van der Waals surface area contributed by atoms with E-state index in [4.69, 9.17) is 46.4 Å². The lowest BCUT2D eigenvalue weighted by Gasteiger charge is -2.05. The number of benzene rings is 2. The molecule has 0 aliphatic heterocycles. The van der Waals surface area contributed by atoms with Gasteiger partial charge in [0, 0.05) is 16.5 Å². The van der Waals surface area contributed by atoms with Crippen molar-refractivity contribution in [2.24, 2.45) is 0 Å². The molecule has 2 aromatic carbocycles. The van der Waals surface area contributed by atoms with Crippen LogP contribution in [0.25, 0.3) is 10.8 Å². The maximum absolute atomic E-state index is 6.02. The standard InChI is InChI=1S/C10H3Cl4/c11-6-3-1-2-5-4-7(12)9(13)10(14)8(5)6/h1-3H. The van der Waals surface area contributed by atoms with Crippen LogP contribution in [0.3, 0.4) is 0 Å². The number of fused-ring (bicyclic) bond motifs is 1. The SMILES string of the molecule is Clc1[c]c2cccc(Cl)c2c(Cl)c1Cl. The summed E-state index contributed by atoms with van der Waals surface area (Å²) in [6.07, 6.45) is 0. The van der Waals surface area contributed by atoms with Crippen molar-refractivity contribution in [3.63, 3.8) is 0 Å². The Morgan fingerprint density at radius 1 is 0.929 bits per heavy atom. The zero-order valence-corrected chi connectivity index (χ0v) is 9.77. The van der Waals surface area contributed by atoms with Gasteiger partial charge >= 0.3 is 0 Å².